The highest BCUT2D eigenvalue weighted by Crippen LogP contribution is 2.40. The maximum Gasteiger partial charge on any atom is 0.375 e. The van der Waals surface area contributed by atoms with Crippen LogP contribution < -0.4 is 0 Å². The number of aromatic nitrogens is 2. The zero-order valence-corrected chi connectivity index (χ0v) is 12.8. The average molecular weight is 307 g/mol. The van der Waals surface area contributed by atoms with Gasteiger partial charge in [0.1, 0.15) is 0 Å². The highest BCUT2D eigenvalue weighted by atomic mass is 16.5. The van der Waals surface area contributed by atoms with Gasteiger partial charge < -0.3 is 9.15 Å². The molecule has 0 aromatic carbocycles. The van der Waals surface area contributed by atoms with Gasteiger partial charge in [-0.1, -0.05) is 0 Å². The van der Waals surface area contributed by atoms with E-state index in [-0.39, 0.29) is 19.1 Å². The number of esters is 1. The summed E-state index contributed by atoms with van der Waals surface area (Å²) in [5, 5.41) is 8.28. The number of likely N-dealkylation sites (tertiary alicyclic amines) is 1. The maximum atomic E-state index is 11.7. The Labute approximate surface area is 129 Å². The van der Waals surface area contributed by atoms with Crippen LogP contribution in [0, 0.1) is 0 Å². The van der Waals surface area contributed by atoms with E-state index in [0.717, 1.165) is 50.6 Å². The van der Waals surface area contributed by atoms with E-state index in [1.807, 2.05) is 4.90 Å². The molecule has 0 atom stereocenters. The van der Waals surface area contributed by atoms with Crippen LogP contribution in [0.3, 0.4) is 0 Å². The number of ether oxygens (including phenoxy) is 1. The van der Waals surface area contributed by atoms with E-state index in [1.165, 1.54) is 0 Å². The van der Waals surface area contributed by atoms with Crippen LogP contribution >= 0.6 is 0 Å². The first-order valence-electron chi connectivity index (χ1n) is 7.93. The van der Waals surface area contributed by atoms with Crippen LogP contribution in [0.25, 0.3) is 0 Å². The van der Waals surface area contributed by atoms with Gasteiger partial charge in [0.25, 0.3) is 5.78 Å². The molecule has 1 aliphatic carbocycles. The molecule has 1 saturated heterocycles. The number of piperidine rings is 1. The van der Waals surface area contributed by atoms with Gasteiger partial charge >= 0.3 is 5.97 Å². The summed E-state index contributed by atoms with van der Waals surface area (Å²) in [6.45, 7) is 3.54. The lowest BCUT2D eigenvalue weighted by atomic mass is 9.97. The summed E-state index contributed by atoms with van der Waals surface area (Å²) in [6.07, 6.45) is 4.02. The third-order valence-corrected chi connectivity index (χ3v) is 4.19. The van der Waals surface area contributed by atoms with Crippen molar-refractivity contribution < 1.29 is 18.7 Å². The van der Waals surface area contributed by atoms with E-state index < -0.39 is 11.8 Å². The van der Waals surface area contributed by atoms with Crippen LogP contribution in [0.15, 0.2) is 4.42 Å². The van der Waals surface area contributed by atoms with E-state index in [4.69, 9.17) is 9.15 Å². The van der Waals surface area contributed by atoms with E-state index in [0.29, 0.717) is 5.92 Å². The van der Waals surface area contributed by atoms with Crippen molar-refractivity contribution in [2.24, 2.45) is 0 Å². The van der Waals surface area contributed by atoms with Crippen LogP contribution in [-0.4, -0.2) is 53.1 Å². The number of hydrogen-bond donors (Lipinski definition) is 0. The maximum absolute atomic E-state index is 11.7. The van der Waals surface area contributed by atoms with E-state index in [1.54, 1.807) is 6.92 Å². The number of carbonyl (C=O) groups excluding carboxylic acids is 2. The lowest BCUT2D eigenvalue weighted by molar-refractivity contribution is -0.154. The van der Waals surface area contributed by atoms with Gasteiger partial charge in [0, 0.05) is 11.8 Å². The first-order chi connectivity index (χ1) is 10.7. The SMILES string of the molecule is CCOC(=O)C(=O)CN1CCC(c2nnc(C3CC3)o2)CC1. The lowest BCUT2D eigenvalue weighted by Crippen LogP contribution is -2.39. The second kappa shape index (κ2) is 6.56. The third-order valence-electron chi connectivity index (χ3n) is 4.19. The summed E-state index contributed by atoms with van der Waals surface area (Å²) >= 11 is 0. The van der Waals surface area contributed by atoms with Crippen molar-refractivity contribution in [3.63, 3.8) is 0 Å². The Morgan fingerprint density at radius 2 is 1.73 bits per heavy atom. The molecular weight excluding hydrogens is 286 g/mol. The first kappa shape index (κ1) is 15.1. The fourth-order valence-corrected chi connectivity index (χ4v) is 2.72. The minimum Gasteiger partial charge on any atom is -0.460 e. The Balaban J connectivity index is 1.47. The molecule has 0 unspecified atom stereocenters. The lowest BCUT2D eigenvalue weighted by Gasteiger charge is -2.29. The zero-order chi connectivity index (χ0) is 15.5. The predicted octanol–water partition coefficient (Wildman–Crippen LogP) is 1.26. The van der Waals surface area contributed by atoms with Crippen molar-refractivity contribution in [1.82, 2.24) is 15.1 Å². The zero-order valence-electron chi connectivity index (χ0n) is 12.8. The summed E-state index contributed by atoms with van der Waals surface area (Å²) in [5.41, 5.74) is 0. The number of Topliss-reactive ketones (excluding diaryl/α,β-unsaturated/α-hetero) is 1. The minimum absolute atomic E-state index is 0.128. The largest absolute Gasteiger partial charge is 0.460 e. The van der Waals surface area contributed by atoms with Gasteiger partial charge in [-0.2, -0.15) is 0 Å². The fraction of sp³-hybridized carbons (Fsp3) is 0.733. The van der Waals surface area contributed by atoms with Crippen molar-refractivity contribution in [2.75, 3.05) is 26.2 Å². The number of ketones is 1. The Hall–Kier alpha value is -1.76. The van der Waals surface area contributed by atoms with Gasteiger partial charge in [0.15, 0.2) is 0 Å². The molecule has 1 aromatic rings. The molecule has 0 N–H and O–H groups in total. The van der Waals surface area contributed by atoms with Crippen molar-refractivity contribution >= 4 is 11.8 Å². The van der Waals surface area contributed by atoms with Crippen molar-refractivity contribution in [3.8, 4) is 0 Å². The molecule has 2 fully saturated rings. The summed E-state index contributed by atoms with van der Waals surface area (Å²) < 4.78 is 10.5. The molecule has 0 radical (unpaired) electrons. The Morgan fingerprint density at radius 1 is 1.14 bits per heavy atom. The molecule has 2 aliphatic rings. The summed E-state index contributed by atoms with van der Waals surface area (Å²) in [5.74, 6) is 1.01. The van der Waals surface area contributed by atoms with E-state index >= 15 is 0 Å². The monoisotopic (exact) mass is 307 g/mol. The van der Waals surface area contributed by atoms with Crippen LogP contribution in [-0.2, 0) is 14.3 Å². The van der Waals surface area contributed by atoms with Crippen LogP contribution in [0.5, 0.6) is 0 Å². The van der Waals surface area contributed by atoms with Crippen LogP contribution in [0.1, 0.15) is 56.2 Å². The number of nitrogens with zero attached hydrogens (tertiary/aromatic N) is 3. The molecule has 1 saturated carbocycles. The molecule has 3 rings (SSSR count). The highest BCUT2D eigenvalue weighted by Gasteiger charge is 2.32. The van der Waals surface area contributed by atoms with Gasteiger partial charge in [-0.15, -0.1) is 10.2 Å². The fourth-order valence-electron chi connectivity index (χ4n) is 2.72. The molecule has 2 heterocycles. The third kappa shape index (κ3) is 3.52. The molecule has 22 heavy (non-hydrogen) atoms. The van der Waals surface area contributed by atoms with Gasteiger partial charge in [-0.3, -0.25) is 9.69 Å². The second-order valence-electron chi connectivity index (χ2n) is 5.95. The Morgan fingerprint density at radius 3 is 2.27 bits per heavy atom. The topological polar surface area (TPSA) is 85.5 Å². The first-order valence-corrected chi connectivity index (χ1v) is 7.93. The van der Waals surface area contributed by atoms with Gasteiger partial charge in [0.2, 0.25) is 11.8 Å². The minimum atomic E-state index is -0.740. The number of carbonyl (C=O) groups is 2. The van der Waals surface area contributed by atoms with Gasteiger partial charge in [-0.05, 0) is 45.7 Å². The van der Waals surface area contributed by atoms with Gasteiger partial charge in [-0.25, -0.2) is 4.79 Å². The molecule has 7 heteroatoms. The van der Waals surface area contributed by atoms with E-state index in [2.05, 4.69) is 10.2 Å². The summed E-state index contributed by atoms with van der Waals surface area (Å²) in [7, 11) is 0. The van der Waals surface area contributed by atoms with Crippen molar-refractivity contribution in [2.45, 2.75) is 44.4 Å². The molecule has 1 aromatic heterocycles. The smallest absolute Gasteiger partial charge is 0.375 e. The Kier molecular flexibility index (Phi) is 4.52. The summed E-state index contributed by atoms with van der Waals surface area (Å²) in [6, 6.07) is 0. The molecule has 1 aliphatic heterocycles. The number of rotatable bonds is 6. The molecule has 0 spiro atoms. The molecular formula is C15H21N3O4. The highest BCUT2D eigenvalue weighted by molar-refractivity contribution is 6.34. The Bertz CT molecular complexity index is 545. The second-order valence-corrected chi connectivity index (χ2v) is 5.95. The predicted molar refractivity (Wildman–Crippen MR) is 76.3 cm³/mol. The van der Waals surface area contributed by atoms with Crippen LogP contribution in [0.2, 0.25) is 0 Å². The van der Waals surface area contributed by atoms with Gasteiger partial charge in [0.05, 0.1) is 13.2 Å². The molecule has 120 valence electrons. The van der Waals surface area contributed by atoms with Crippen molar-refractivity contribution in [3.05, 3.63) is 11.8 Å². The standard InChI is InChI=1S/C15H21N3O4/c1-2-21-15(20)12(19)9-18-7-5-11(6-8-18)14-17-16-13(22-14)10-3-4-10/h10-11H,2-9H2,1H3. The molecule has 7 nitrogen and oxygen atoms in total. The van der Waals surface area contributed by atoms with Crippen molar-refractivity contribution in [1.29, 1.82) is 0 Å². The quantitative estimate of drug-likeness (QED) is 0.577. The number of hydrogen-bond acceptors (Lipinski definition) is 7. The molecule has 0 amide bonds. The normalized spacial score (nSPS) is 20.0. The van der Waals surface area contributed by atoms with Crippen LogP contribution in [0.4, 0.5) is 0 Å². The van der Waals surface area contributed by atoms with E-state index in [9.17, 15) is 9.59 Å². The summed E-state index contributed by atoms with van der Waals surface area (Å²) in [4.78, 5) is 25.0. The average Bonchev–Trinajstić information content (AvgIpc) is 3.26. The molecule has 0 bridgehead atoms.